The molecule has 1 N–H and O–H groups in total. The smallest absolute Gasteiger partial charge is 0.216 e. The molecule has 144 valence electrons. The van der Waals surface area contributed by atoms with E-state index in [2.05, 4.69) is 40.5 Å². The van der Waals surface area contributed by atoms with Crippen LogP contribution in [0.25, 0.3) is 0 Å². The molecule has 0 unspecified atom stereocenters. The number of carbonyl (C=O) groups excluding carboxylic acids is 1. The summed E-state index contributed by atoms with van der Waals surface area (Å²) in [5, 5.41) is 3.11. The predicted molar refractivity (Wildman–Crippen MR) is 108 cm³/mol. The Bertz CT molecular complexity index is 541. The fourth-order valence-corrected chi connectivity index (χ4v) is 4.90. The zero-order valence-electron chi connectivity index (χ0n) is 16.5. The van der Waals surface area contributed by atoms with Gasteiger partial charge in [0.1, 0.15) is 0 Å². The molecule has 1 amide bonds. The molecule has 0 spiro atoms. The van der Waals surface area contributed by atoms with Crippen LogP contribution in [-0.2, 0) is 10.2 Å². The summed E-state index contributed by atoms with van der Waals surface area (Å²) in [4.78, 5) is 14.2. The van der Waals surface area contributed by atoms with Crippen molar-refractivity contribution in [1.82, 2.24) is 10.2 Å². The summed E-state index contributed by atoms with van der Waals surface area (Å²) < 4.78 is 0. The van der Waals surface area contributed by atoms with E-state index in [1.165, 1.54) is 57.1 Å². The number of rotatable bonds is 5. The minimum Gasteiger partial charge on any atom is -0.355 e. The molecule has 0 bridgehead atoms. The molecule has 26 heavy (non-hydrogen) atoms. The van der Waals surface area contributed by atoms with Crippen LogP contribution in [0.3, 0.4) is 0 Å². The molecule has 0 radical (unpaired) electrons. The molecule has 1 saturated carbocycles. The van der Waals surface area contributed by atoms with E-state index in [0.29, 0.717) is 0 Å². The van der Waals surface area contributed by atoms with E-state index >= 15 is 0 Å². The second kappa shape index (κ2) is 9.55. The quantitative estimate of drug-likeness (QED) is 0.841. The van der Waals surface area contributed by atoms with E-state index in [9.17, 15) is 4.79 Å². The van der Waals surface area contributed by atoms with E-state index in [-0.39, 0.29) is 11.3 Å². The highest BCUT2D eigenvalue weighted by atomic mass is 16.1. The van der Waals surface area contributed by atoms with Gasteiger partial charge in [-0.1, -0.05) is 62.4 Å². The lowest BCUT2D eigenvalue weighted by Gasteiger charge is -2.43. The molecule has 1 aliphatic carbocycles. The van der Waals surface area contributed by atoms with Crippen LogP contribution in [0.1, 0.15) is 70.3 Å². The number of hydrogen-bond donors (Lipinski definition) is 1. The molecule has 0 aromatic heterocycles. The van der Waals surface area contributed by atoms with Crippen LogP contribution in [0.5, 0.6) is 0 Å². The number of amides is 1. The van der Waals surface area contributed by atoms with Crippen molar-refractivity contribution in [3.05, 3.63) is 35.9 Å². The molecule has 1 aromatic carbocycles. The van der Waals surface area contributed by atoms with E-state index in [1.807, 2.05) is 0 Å². The van der Waals surface area contributed by atoms with Gasteiger partial charge < -0.3 is 10.2 Å². The first-order valence-corrected chi connectivity index (χ1v) is 10.7. The Morgan fingerprint density at radius 1 is 1.04 bits per heavy atom. The van der Waals surface area contributed by atoms with Gasteiger partial charge in [0.2, 0.25) is 5.91 Å². The van der Waals surface area contributed by atoms with Gasteiger partial charge in [0.05, 0.1) is 0 Å². The van der Waals surface area contributed by atoms with Gasteiger partial charge in [-0.3, -0.25) is 4.79 Å². The van der Waals surface area contributed by atoms with Crippen molar-refractivity contribution in [2.75, 3.05) is 26.2 Å². The van der Waals surface area contributed by atoms with E-state index in [4.69, 9.17) is 0 Å². The second-order valence-corrected chi connectivity index (χ2v) is 8.57. The number of benzene rings is 1. The number of hydrogen-bond acceptors (Lipinski definition) is 2. The lowest BCUT2D eigenvalue weighted by Crippen LogP contribution is -2.49. The fraction of sp³-hybridized carbons (Fsp3) is 0.696. The molecule has 2 fully saturated rings. The van der Waals surface area contributed by atoms with Crippen molar-refractivity contribution in [3.8, 4) is 0 Å². The molecule has 3 nitrogen and oxygen atoms in total. The number of nitrogens with one attached hydrogen (secondary N) is 1. The van der Waals surface area contributed by atoms with Gasteiger partial charge in [-0.2, -0.15) is 0 Å². The molecule has 2 aliphatic rings. The van der Waals surface area contributed by atoms with Gasteiger partial charge in [-0.15, -0.1) is 0 Å². The standard InChI is InChI=1S/C23H36N2O/c1-20(26)24-19-23(22-12-8-5-9-13-22)14-16-25(17-15-23)18-21-10-6-3-2-4-7-11-21/h5,8-9,12-13,21H,2-4,6-7,10-11,14-19H2,1H3,(H,24,26). The monoisotopic (exact) mass is 356 g/mol. The Labute approximate surface area is 159 Å². The van der Waals surface area contributed by atoms with E-state index < -0.39 is 0 Å². The van der Waals surface area contributed by atoms with Crippen molar-refractivity contribution in [1.29, 1.82) is 0 Å². The summed E-state index contributed by atoms with van der Waals surface area (Å²) in [5.41, 5.74) is 1.49. The first-order valence-electron chi connectivity index (χ1n) is 10.7. The average Bonchev–Trinajstić information content (AvgIpc) is 2.64. The predicted octanol–water partition coefficient (Wildman–Crippen LogP) is 4.52. The van der Waals surface area contributed by atoms with Gasteiger partial charge in [-0.05, 0) is 50.3 Å². The first-order chi connectivity index (χ1) is 12.7. The maximum absolute atomic E-state index is 11.5. The van der Waals surface area contributed by atoms with Gasteiger partial charge in [0, 0.05) is 25.4 Å². The third kappa shape index (κ3) is 5.33. The number of likely N-dealkylation sites (tertiary alicyclic amines) is 1. The third-order valence-corrected chi connectivity index (χ3v) is 6.62. The van der Waals surface area contributed by atoms with Crippen LogP contribution in [0.4, 0.5) is 0 Å². The van der Waals surface area contributed by atoms with Crippen molar-refractivity contribution in [3.63, 3.8) is 0 Å². The van der Waals surface area contributed by atoms with Crippen molar-refractivity contribution >= 4 is 5.91 Å². The third-order valence-electron chi connectivity index (χ3n) is 6.62. The van der Waals surface area contributed by atoms with Gasteiger partial charge in [-0.25, -0.2) is 0 Å². The highest BCUT2D eigenvalue weighted by Gasteiger charge is 2.36. The zero-order valence-corrected chi connectivity index (χ0v) is 16.5. The Kier molecular flexibility index (Phi) is 7.13. The minimum atomic E-state index is 0.0808. The summed E-state index contributed by atoms with van der Waals surface area (Å²) in [6.07, 6.45) is 12.3. The van der Waals surface area contributed by atoms with Gasteiger partial charge in [0.15, 0.2) is 0 Å². The van der Waals surface area contributed by atoms with E-state index in [1.54, 1.807) is 6.92 Å². The van der Waals surface area contributed by atoms with Crippen LogP contribution in [0.2, 0.25) is 0 Å². The summed E-state index contributed by atoms with van der Waals surface area (Å²) >= 11 is 0. The fourth-order valence-electron chi connectivity index (χ4n) is 4.90. The molecule has 1 heterocycles. The first kappa shape index (κ1) is 19.4. The summed E-state index contributed by atoms with van der Waals surface area (Å²) in [5.74, 6) is 0.979. The number of piperidine rings is 1. The Balaban J connectivity index is 1.59. The summed E-state index contributed by atoms with van der Waals surface area (Å²) in [6, 6.07) is 10.8. The van der Waals surface area contributed by atoms with Crippen LogP contribution in [-0.4, -0.2) is 37.0 Å². The largest absolute Gasteiger partial charge is 0.355 e. The summed E-state index contributed by atoms with van der Waals surface area (Å²) in [7, 11) is 0. The molecule has 1 saturated heterocycles. The molecule has 1 aromatic rings. The van der Waals surface area contributed by atoms with E-state index in [0.717, 1.165) is 38.4 Å². The molecular formula is C23H36N2O. The van der Waals surface area contributed by atoms with Crippen LogP contribution >= 0.6 is 0 Å². The molecular weight excluding hydrogens is 320 g/mol. The molecule has 0 atom stereocenters. The molecule has 3 heteroatoms. The zero-order chi connectivity index (χ0) is 18.2. The van der Waals surface area contributed by atoms with Crippen LogP contribution in [0.15, 0.2) is 30.3 Å². The Morgan fingerprint density at radius 3 is 2.27 bits per heavy atom. The van der Waals surface area contributed by atoms with Crippen LogP contribution in [0, 0.1) is 5.92 Å². The lowest BCUT2D eigenvalue weighted by molar-refractivity contribution is -0.119. The Morgan fingerprint density at radius 2 is 1.65 bits per heavy atom. The number of nitrogens with zero attached hydrogens (tertiary/aromatic N) is 1. The second-order valence-electron chi connectivity index (χ2n) is 8.57. The highest BCUT2D eigenvalue weighted by Crippen LogP contribution is 2.36. The van der Waals surface area contributed by atoms with Gasteiger partial charge >= 0.3 is 0 Å². The van der Waals surface area contributed by atoms with Crippen LogP contribution < -0.4 is 5.32 Å². The maximum atomic E-state index is 11.5. The van der Waals surface area contributed by atoms with Gasteiger partial charge in [0.25, 0.3) is 0 Å². The van der Waals surface area contributed by atoms with Crippen molar-refractivity contribution in [2.24, 2.45) is 5.92 Å². The minimum absolute atomic E-state index is 0.0808. The molecule has 3 rings (SSSR count). The van der Waals surface area contributed by atoms with Crippen molar-refractivity contribution in [2.45, 2.75) is 70.1 Å². The summed E-state index contributed by atoms with van der Waals surface area (Å²) in [6.45, 7) is 5.99. The average molecular weight is 357 g/mol. The van der Waals surface area contributed by atoms with Crippen molar-refractivity contribution < 1.29 is 4.79 Å². The SMILES string of the molecule is CC(=O)NCC1(c2ccccc2)CCN(CC2CCCCCCC2)CC1. The maximum Gasteiger partial charge on any atom is 0.216 e. The number of carbonyl (C=O) groups is 1. The lowest BCUT2D eigenvalue weighted by atomic mass is 9.72. The Hall–Kier alpha value is -1.35. The molecule has 1 aliphatic heterocycles. The normalized spacial score (nSPS) is 22.3. The topological polar surface area (TPSA) is 32.3 Å². The highest BCUT2D eigenvalue weighted by molar-refractivity contribution is 5.73.